The van der Waals surface area contributed by atoms with Crippen LogP contribution in [0.1, 0.15) is 34.8 Å². The third kappa shape index (κ3) is 3.48. The van der Waals surface area contributed by atoms with Crippen molar-refractivity contribution >= 4 is 34.5 Å². The summed E-state index contributed by atoms with van der Waals surface area (Å²) < 4.78 is 0. The molecule has 1 aromatic carbocycles. The van der Waals surface area contributed by atoms with Crippen molar-refractivity contribution in [2.45, 2.75) is 26.3 Å². The van der Waals surface area contributed by atoms with Gasteiger partial charge in [-0.25, -0.2) is 4.98 Å². The van der Waals surface area contributed by atoms with E-state index in [1.165, 1.54) is 0 Å². The fourth-order valence-corrected chi connectivity index (χ4v) is 3.20. The summed E-state index contributed by atoms with van der Waals surface area (Å²) in [5.41, 5.74) is 1.01. The second-order valence-corrected chi connectivity index (χ2v) is 6.36. The molecule has 5 heteroatoms. The number of nitrogens with one attached hydrogen (secondary N) is 1. The van der Waals surface area contributed by atoms with Gasteiger partial charge >= 0.3 is 0 Å². The average molecular weight is 315 g/mol. The molecule has 1 atom stereocenters. The normalized spacial score (nSPS) is 12.6. The van der Waals surface area contributed by atoms with Gasteiger partial charge in [0.2, 0.25) is 0 Å². The number of benzene rings is 1. The third-order valence-corrected chi connectivity index (χ3v) is 4.63. The summed E-state index contributed by atoms with van der Waals surface area (Å²) in [6.07, 6.45) is 2.97. The summed E-state index contributed by atoms with van der Waals surface area (Å²) in [6, 6.07) is 5.80. The first-order valence-corrected chi connectivity index (χ1v) is 7.80. The third-order valence-electron chi connectivity index (χ3n) is 2.81. The Hall–Kier alpha value is -0.610. The number of nitrogens with zero attached hydrogens (tertiary/aromatic N) is 1. The highest BCUT2D eigenvalue weighted by atomic mass is 35.5. The van der Waals surface area contributed by atoms with E-state index in [1.807, 2.05) is 31.3 Å². The maximum atomic E-state index is 6.34. The summed E-state index contributed by atoms with van der Waals surface area (Å²) >= 11 is 14.1. The molecule has 0 radical (unpaired) electrons. The monoisotopic (exact) mass is 314 g/mol. The Bertz CT molecular complexity index is 554. The van der Waals surface area contributed by atoms with Crippen molar-refractivity contribution in [1.29, 1.82) is 0 Å². The quantitative estimate of drug-likeness (QED) is 0.853. The first-order valence-electron chi connectivity index (χ1n) is 6.23. The van der Waals surface area contributed by atoms with Gasteiger partial charge < -0.3 is 5.32 Å². The Morgan fingerprint density at radius 2 is 2.16 bits per heavy atom. The van der Waals surface area contributed by atoms with Crippen molar-refractivity contribution in [3.63, 3.8) is 0 Å². The van der Waals surface area contributed by atoms with E-state index in [-0.39, 0.29) is 6.04 Å². The van der Waals surface area contributed by atoms with Crippen molar-refractivity contribution in [3.8, 4) is 0 Å². The van der Waals surface area contributed by atoms with Gasteiger partial charge in [-0.15, -0.1) is 11.3 Å². The van der Waals surface area contributed by atoms with Crippen LogP contribution >= 0.6 is 34.5 Å². The van der Waals surface area contributed by atoms with Gasteiger partial charge in [-0.2, -0.15) is 0 Å². The molecule has 2 nitrogen and oxygen atoms in total. The molecule has 0 aliphatic heterocycles. The van der Waals surface area contributed by atoms with Gasteiger partial charge in [-0.3, -0.25) is 0 Å². The standard InChI is InChI=1S/C14H16Cl2N2S/c1-3-7-17-14(12-8-18-9(2)19-12)10-5-4-6-11(15)13(10)16/h4-6,8,14,17H,3,7H2,1-2H3. The topological polar surface area (TPSA) is 24.9 Å². The zero-order valence-corrected chi connectivity index (χ0v) is 13.2. The second kappa shape index (κ2) is 6.71. The van der Waals surface area contributed by atoms with Crippen LogP contribution in [0.4, 0.5) is 0 Å². The molecule has 102 valence electrons. The molecule has 1 unspecified atom stereocenters. The van der Waals surface area contributed by atoms with Gasteiger partial charge in [0.1, 0.15) is 0 Å². The van der Waals surface area contributed by atoms with Gasteiger partial charge in [0, 0.05) is 11.1 Å². The van der Waals surface area contributed by atoms with Crippen molar-refractivity contribution in [3.05, 3.63) is 49.9 Å². The molecule has 1 heterocycles. The number of rotatable bonds is 5. The lowest BCUT2D eigenvalue weighted by atomic mass is 10.1. The fourth-order valence-electron chi connectivity index (χ4n) is 1.91. The SMILES string of the molecule is CCCNC(c1cnc(C)s1)c1cccc(Cl)c1Cl. The molecule has 2 aromatic rings. The zero-order valence-electron chi connectivity index (χ0n) is 10.9. The first kappa shape index (κ1) is 14.8. The van der Waals surface area contributed by atoms with Crippen molar-refractivity contribution in [1.82, 2.24) is 10.3 Å². The van der Waals surface area contributed by atoms with Gasteiger partial charge in [-0.05, 0) is 31.5 Å². The van der Waals surface area contributed by atoms with Gasteiger partial charge in [0.25, 0.3) is 0 Å². The Balaban J connectivity index is 2.39. The lowest BCUT2D eigenvalue weighted by molar-refractivity contribution is 0.605. The molecule has 2 rings (SSSR count). The highest BCUT2D eigenvalue weighted by molar-refractivity contribution is 7.11. The molecular weight excluding hydrogens is 299 g/mol. The van der Waals surface area contributed by atoms with Crippen LogP contribution in [0, 0.1) is 6.92 Å². The number of thiazole rings is 1. The number of hydrogen-bond acceptors (Lipinski definition) is 3. The van der Waals surface area contributed by atoms with Crippen LogP contribution in [-0.4, -0.2) is 11.5 Å². The molecular formula is C14H16Cl2N2S. The highest BCUT2D eigenvalue weighted by Crippen LogP contribution is 2.34. The van der Waals surface area contributed by atoms with E-state index < -0.39 is 0 Å². The Labute approximate surface area is 127 Å². The van der Waals surface area contributed by atoms with Gasteiger partial charge in [0.05, 0.1) is 21.1 Å². The highest BCUT2D eigenvalue weighted by Gasteiger charge is 2.19. The van der Waals surface area contributed by atoms with E-state index in [9.17, 15) is 0 Å². The lowest BCUT2D eigenvalue weighted by Crippen LogP contribution is -2.22. The van der Waals surface area contributed by atoms with Gasteiger partial charge in [-0.1, -0.05) is 42.3 Å². The van der Waals surface area contributed by atoms with E-state index in [1.54, 1.807) is 11.3 Å². The molecule has 0 saturated heterocycles. The molecule has 19 heavy (non-hydrogen) atoms. The summed E-state index contributed by atoms with van der Waals surface area (Å²) in [6.45, 7) is 5.07. The first-order chi connectivity index (χ1) is 9.13. The molecule has 0 saturated carbocycles. The van der Waals surface area contributed by atoms with Crippen LogP contribution in [0.5, 0.6) is 0 Å². The fraction of sp³-hybridized carbons (Fsp3) is 0.357. The summed E-state index contributed by atoms with van der Waals surface area (Å²) in [7, 11) is 0. The average Bonchev–Trinajstić information content (AvgIpc) is 2.81. The Morgan fingerprint density at radius 1 is 1.37 bits per heavy atom. The maximum absolute atomic E-state index is 6.34. The smallest absolute Gasteiger partial charge is 0.0897 e. The molecule has 0 amide bonds. The summed E-state index contributed by atoms with van der Waals surface area (Å²) in [5.74, 6) is 0. The number of hydrogen-bond donors (Lipinski definition) is 1. The number of aromatic nitrogens is 1. The molecule has 0 spiro atoms. The largest absolute Gasteiger partial charge is 0.306 e. The van der Waals surface area contributed by atoms with Crippen molar-refractivity contribution in [2.75, 3.05) is 6.54 Å². The molecule has 0 aliphatic carbocycles. The molecule has 1 N–H and O–H groups in total. The van der Waals surface area contributed by atoms with Crippen molar-refractivity contribution < 1.29 is 0 Å². The van der Waals surface area contributed by atoms with E-state index in [2.05, 4.69) is 17.2 Å². The van der Waals surface area contributed by atoms with Crippen LogP contribution in [0.15, 0.2) is 24.4 Å². The summed E-state index contributed by atoms with van der Waals surface area (Å²) in [4.78, 5) is 5.49. The van der Waals surface area contributed by atoms with Gasteiger partial charge in [0.15, 0.2) is 0 Å². The van der Waals surface area contributed by atoms with E-state index in [0.29, 0.717) is 10.0 Å². The zero-order chi connectivity index (χ0) is 13.8. The molecule has 0 fully saturated rings. The number of halogens is 2. The second-order valence-electron chi connectivity index (χ2n) is 4.31. The van der Waals surface area contributed by atoms with E-state index >= 15 is 0 Å². The van der Waals surface area contributed by atoms with E-state index in [0.717, 1.165) is 28.4 Å². The van der Waals surface area contributed by atoms with Crippen LogP contribution in [0.3, 0.4) is 0 Å². The van der Waals surface area contributed by atoms with Crippen LogP contribution in [0.2, 0.25) is 10.0 Å². The molecule has 0 aliphatic rings. The minimum Gasteiger partial charge on any atom is -0.306 e. The summed E-state index contributed by atoms with van der Waals surface area (Å²) in [5, 5.41) is 5.76. The van der Waals surface area contributed by atoms with Crippen LogP contribution in [0.25, 0.3) is 0 Å². The minimum atomic E-state index is 0.0531. The minimum absolute atomic E-state index is 0.0531. The Morgan fingerprint density at radius 3 is 2.79 bits per heavy atom. The maximum Gasteiger partial charge on any atom is 0.0897 e. The number of aryl methyl sites for hydroxylation is 1. The molecule has 0 bridgehead atoms. The van der Waals surface area contributed by atoms with Crippen molar-refractivity contribution in [2.24, 2.45) is 0 Å². The lowest BCUT2D eigenvalue weighted by Gasteiger charge is -2.19. The van der Waals surface area contributed by atoms with Crippen LogP contribution in [-0.2, 0) is 0 Å². The predicted molar refractivity (Wildman–Crippen MR) is 83.4 cm³/mol. The van der Waals surface area contributed by atoms with Crippen LogP contribution < -0.4 is 5.32 Å². The molecule has 1 aromatic heterocycles. The van der Waals surface area contributed by atoms with E-state index in [4.69, 9.17) is 23.2 Å². The predicted octanol–water partition coefficient (Wildman–Crippen LogP) is 4.85. The Kier molecular flexibility index (Phi) is 5.22.